The maximum atomic E-state index is 15.9. The molecule has 280 valence electrons. The van der Waals surface area contributed by atoms with Gasteiger partial charge in [0, 0.05) is 66.9 Å². The van der Waals surface area contributed by atoms with E-state index in [2.05, 4.69) is 15.3 Å². The molecule has 0 aliphatic carbocycles. The number of hydrogen-bond acceptors (Lipinski definition) is 10. The summed E-state index contributed by atoms with van der Waals surface area (Å²) >= 11 is 0. The van der Waals surface area contributed by atoms with Crippen LogP contribution >= 0.6 is 0 Å². The van der Waals surface area contributed by atoms with Crippen LogP contribution < -0.4 is 26.0 Å². The number of nitrogens with zero attached hydrogens (tertiary/aromatic N) is 3. The summed E-state index contributed by atoms with van der Waals surface area (Å²) in [6, 6.07) is 15.1. The maximum absolute atomic E-state index is 15.9. The Morgan fingerprint density at radius 2 is 1.78 bits per heavy atom. The molecule has 0 spiro atoms. The number of pyridine rings is 3. The fourth-order valence-corrected chi connectivity index (χ4v) is 6.58. The topological polar surface area (TPSA) is 149 Å². The van der Waals surface area contributed by atoms with Crippen LogP contribution in [-0.4, -0.2) is 73.3 Å². The van der Waals surface area contributed by atoms with Crippen LogP contribution in [0, 0.1) is 18.7 Å². The third-order valence-corrected chi connectivity index (χ3v) is 9.56. The predicted octanol–water partition coefficient (Wildman–Crippen LogP) is 6.15. The number of ether oxygens (including phenoxy) is 5. The molecular formula is C41H42FN5O7. The molecule has 2 aliphatic rings. The second kappa shape index (κ2) is 16.6. The number of nitrogens with two attached hydrogens (primary N) is 1. The summed E-state index contributed by atoms with van der Waals surface area (Å²) in [5.41, 5.74) is 9.58. The maximum Gasteiger partial charge on any atom is 0.261 e. The molecule has 2 aromatic carbocycles. The highest BCUT2D eigenvalue weighted by Gasteiger charge is 2.22. The number of benzene rings is 2. The third kappa shape index (κ3) is 8.44. The first-order valence-electron chi connectivity index (χ1n) is 17.9. The first kappa shape index (κ1) is 36.7. The summed E-state index contributed by atoms with van der Waals surface area (Å²) in [6.07, 6.45) is 8.17. The Labute approximate surface area is 312 Å². The van der Waals surface area contributed by atoms with Gasteiger partial charge in [-0.05, 0) is 79.3 Å². The zero-order valence-electron chi connectivity index (χ0n) is 30.2. The van der Waals surface area contributed by atoms with Gasteiger partial charge in [0.05, 0.1) is 38.2 Å². The quantitative estimate of drug-likeness (QED) is 0.162. The lowest BCUT2D eigenvalue weighted by molar-refractivity contribution is -0.101. The van der Waals surface area contributed by atoms with Crippen molar-refractivity contribution in [3.05, 3.63) is 107 Å². The smallest absolute Gasteiger partial charge is 0.261 e. The molecule has 0 bridgehead atoms. The Morgan fingerprint density at radius 3 is 2.52 bits per heavy atom. The molecule has 3 aromatic heterocycles. The van der Waals surface area contributed by atoms with Crippen molar-refractivity contribution in [2.24, 2.45) is 5.92 Å². The summed E-state index contributed by atoms with van der Waals surface area (Å²) in [7, 11) is 1.55. The van der Waals surface area contributed by atoms with Crippen LogP contribution in [-0.2, 0) is 20.8 Å². The molecule has 54 heavy (non-hydrogen) atoms. The van der Waals surface area contributed by atoms with Gasteiger partial charge < -0.3 is 39.3 Å². The van der Waals surface area contributed by atoms with E-state index in [9.17, 15) is 9.59 Å². The van der Waals surface area contributed by atoms with E-state index >= 15 is 4.39 Å². The first-order valence-corrected chi connectivity index (χ1v) is 17.9. The van der Waals surface area contributed by atoms with Gasteiger partial charge in [0.1, 0.15) is 29.9 Å². The van der Waals surface area contributed by atoms with Crippen LogP contribution in [0.4, 0.5) is 15.9 Å². The fraction of sp³-hybridized carbons (Fsp3) is 0.317. The number of aromatic nitrogens is 3. The SMILES string of the molecule is COc1cc(-c2cnc(N)c(-c3ccc(NC(=O)c4cn(CC5CCOCC5)cc(-c5ccc(C)cn5)c4=O)cc3F)c2)ccc1OCC1COCCO1. The number of nitrogens with one attached hydrogen (secondary N) is 1. The number of methoxy groups -OCH3 is 1. The zero-order chi connectivity index (χ0) is 37.6. The van der Waals surface area contributed by atoms with Crippen molar-refractivity contribution in [2.75, 3.05) is 57.8 Å². The minimum absolute atomic E-state index is 0.0734. The molecule has 7 rings (SSSR count). The van der Waals surface area contributed by atoms with Gasteiger partial charge in [-0.3, -0.25) is 14.6 Å². The molecule has 2 saturated heterocycles. The Morgan fingerprint density at radius 1 is 0.926 bits per heavy atom. The number of nitrogen functional groups attached to an aromatic ring is 1. The van der Waals surface area contributed by atoms with E-state index in [-0.39, 0.29) is 28.7 Å². The molecule has 12 nitrogen and oxygen atoms in total. The van der Waals surface area contributed by atoms with Crippen LogP contribution in [0.5, 0.6) is 11.5 Å². The summed E-state index contributed by atoms with van der Waals surface area (Å²) < 4.78 is 45.9. The van der Waals surface area contributed by atoms with Gasteiger partial charge >= 0.3 is 0 Å². The standard InChI is InChI=1S/C41H42FN5O7/c1-25-3-7-36(44-18-25)33-21-47(20-26-9-11-51-12-10-26)22-34(39(33)48)41(49)46-29-5-6-31(35(42)17-29)32-15-28(19-45-40(32)43)27-4-8-37(38(16-27)50-2)54-24-30-23-52-13-14-53-30/h3-8,15-19,21-22,26,30H,9-14,20,23-24H2,1-2H3,(H2,43,45)(H,46,49). The van der Waals surface area contributed by atoms with Gasteiger partial charge in [-0.1, -0.05) is 12.1 Å². The average molecular weight is 736 g/mol. The van der Waals surface area contributed by atoms with Crippen LogP contribution in [0.15, 0.2) is 84.2 Å². The highest BCUT2D eigenvalue weighted by molar-refractivity contribution is 6.04. The molecule has 3 N–H and O–H groups in total. The summed E-state index contributed by atoms with van der Waals surface area (Å²) in [6.45, 7) is 5.72. The van der Waals surface area contributed by atoms with Gasteiger partial charge in [0.2, 0.25) is 5.43 Å². The fourth-order valence-electron chi connectivity index (χ4n) is 6.58. The molecule has 1 atom stereocenters. The summed E-state index contributed by atoms with van der Waals surface area (Å²) in [5.74, 6) is 0.206. The molecule has 2 aliphatic heterocycles. The minimum Gasteiger partial charge on any atom is -0.493 e. The molecule has 1 amide bonds. The van der Waals surface area contributed by atoms with E-state index < -0.39 is 17.2 Å². The Hall–Kier alpha value is -5.63. The largest absolute Gasteiger partial charge is 0.493 e. The van der Waals surface area contributed by atoms with Crippen molar-refractivity contribution < 1.29 is 32.9 Å². The highest BCUT2D eigenvalue weighted by Crippen LogP contribution is 2.36. The Balaban J connectivity index is 1.12. The van der Waals surface area contributed by atoms with Crippen LogP contribution in [0.2, 0.25) is 0 Å². The molecule has 5 aromatic rings. The van der Waals surface area contributed by atoms with E-state index in [1.807, 2.05) is 23.6 Å². The van der Waals surface area contributed by atoms with E-state index in [1.165, 1.54) is 12.1 Å². The van der Waals surface area contributed by atoms with E-state index in [1.54, 1.807) is 62.2 Å². The van der Waals surface area contributed by atoms with Crippen LogP contribution in [0.1, 0.15) is 28.8 Å². The second-order valence-electron chi connectivity index (χ2n) is 13.4. The monoisotopic (exact) mass is 735 g/mol. The number of amides is 1. The summed E-state index contributed by atoms with van der Waals surface area (Å²) in [5, 5.41) is 2.72. The lowest BCUT2D eigenvalue weighted by Gasteiger charge is -2.23. The lowest BCUT2D eigenvalue weighted by atomic mass is 9.99. The normalized spacial score (nSPS) is 16.2. The van der Waals surface area contributed by atoms with Crippen molar-refractivity contribution in [3.8, 4) is 45.0 Å². The molecule has 2 fully saturated rings. The van der Waals surface area contributed by atoms with Crippen molar-refractivity contribution in [1.82, 2.24) is 14.5 Å². The number of hydrogen-bond donors (Lipinski definition) is 2. The molecule has 1 unspecified atom stereocenters. The Kier molecular flexibility index (Phi) is 11.3. The van der Waals surface area contributed by atoms with Crippen LogP contribution in [0.25, 0.3) is 33.5 Å². The van der Waals surface area contributed by atoms with Gasteiger partial charge in [-0.25, -0.2) is 9.37 Å². The van der Waals surface area contributed by atoms with Gasteiger partial charge in [-0.15, -0.1) is 0 Å². The summed E-state index contributed by atoms with van der Waals surface area (Å²) in [4.78, 5) is 36.2. The number of rotatable bonds is 11. The highest BCUT2D eigenvalue weighted by atomic mass is 19.1. The second-order valence-corrected chi connectivity index (χ2v) is 13.4. The minimum atomic E-state index is -0.661. The number of halogens is 1. The van der Waals surface area contributed by atoms with Gasteiger partial charge in [0.25, 0.3) is 5.91 Å². The van der Waals surface area contributed by atoms with E-state index in [0.29, 0.717) is 86.0 Å². The van der Waals surface area contributed by atoms with Gasteiger partial charge in [-0.2, -0.15) is 0 Å². The van der Waals surface area contributed by atoms with Crippen molar-refractivity contribution in [3.63, 3.8) is 0 Å². The molecule has 5 heterocycles. The molecule has 0 radical (unpaired) electrons. The zero-order valence-corrected chi connectivity index (χ0v) is 30.2. The van der Waals surface area contributed by atoms with E-state index in [0.717, 1.165) is 24.0 Å². The number of carbonyl (C=O) groups excluding carboxylic acids is 1. The third-order valence-electron chi connectivity index (χ3n) is 9.56. The number of anilines is 2. The number of aryl methyl sites for hydroxylation is 1. The van der Waals surface area contributed by atoms with E-state index in [4.69, 9.17) is 29.4 Å². The molecular weight excluding hydrogens is 693 g/mol. The first-order chi connectivity index (χ1) is 26.2. The van der Waals surface area contributed by atoms with Crippen molar-refractivity contribution in [2.45, 2.75) is 32.4 Å². The molecule has 0 saturated carbocycles. The average Bonchev–Trinajstić information content (AvgIpc) is 3.19. The lowest BCUT2D eigenvalue weighted by Crippen LogP contribution is -2.33. The van der Waals surface area contributed by atoms with Crippen molar-refractivity contribution >= 4 is 17.4 Å². The molecule has 13 heteroatoms. The van der Waals surface area contributed by atoms with Gasteiger partial charge in [0.15, 0.2) is 11.5 Å². The number of carbonyl (C=O) groups is 1. The van der Waals surface area contributed by atoms with Crippen LogP contribution in [0.3, 0.4) is 0 Å². The Bertz CT molecular complexity index is 2180. The predicted molar refractivity (Wildman–Crippen MR) is 202 cm³/mol. The van der Waals surface area contributed by atoms with Crippen molar-refractivity contribution in [1.29, 1.82) is 0 Å².